The molecule has 0 radical (unpaired) electrons. The van der Waals surface area contributed by atoms with Crippen LogP contribution < -0.4 is 10.2 Å². The number of hydrogen-bond acceptors (Lipinski definition) is 9. The Morgan fingerprint density at radius 2 is 2.00 bits per heavy atom. The summed E-state index contributed by atoms with van der Waals surface area (Å²) >= 11 is 1.50. The first kappa shape index (κ1) is 15.8. The van der Waals surface area contributed by atoms with Crippen molar-refractivity contribution in [2.24, 2.45) is 0 Å². The highest BCUT2D eigenvalue weighted by atomic mass is 32.1. The topological polar surface area (TPSA) is 92.6 Å². The molecule has 128 valence electrons. The fourth-order valence-corrected chi connectivity index (χ4v) is 3.63. The van der Waals surface area contributed by atoms with E-state index in [4.69, 9.17) is 0 Å². The van der Waals surface area contributed by atoms with Gasteiger partial charge >= 0.3 is 0 Å². The summed E-state index contributed by atoms with van der Waals surface area (Å²) < 4.78 is 0. The van der Waals surface area contributed by atoms with Gasteiger partial charge in [-0.3, -0.25) is 0 Å². The summed E-state index contributed by atoms with van der Waals surface area (Å²) in [5.41, 5.74) is 0.973. The first-order valence-corrected chi connectivity index (χ1v) is 8.97. The van der Waals surface area contributed by atoms with Gasteiger partial charge in [0.05, 0.1) is 11.7 Å². The standard InChI is InChI=1S/C16H18N8S/c1-10-19-12(9-14(20-10)21-16-23-22-11(2)25-16)13-5-3-8-24(13)15-17-6-4-7-18-15/h4,6-7,9,13H,3,5,8H2,1-2H3,(H,19,20,21,23)/t13-/m0/s1. The maximum Gasteiger partial charge on any atom is 0.225 e. The van der Waals surface area contributed by atoms with E-state index in [1.165, 1.54) is 11.3 Å². The van der Waals surface area contributed by atoms with Crippen LogP contribution in [0.1, 0.15) is 35.4 Å². The summed E-state index contributed by atoms with van der Waals surface area (Å²) in [7, 11) is 0. The van der Waals surface area contributed by atoms with E-state index < -0.39 is 0 Å². The van der Waals surface area contributed by atoms with E-state index in [0.717, 1.165) is 52.8 Å². The van der Waals surface area contributed by atoms with Gasteiger partial charge in [-0.15, -0.1) is 10.2 Å². The van der Waals surface area contributed by atoms with Crippen molar-refractivity contribution < 1.29 is 0 Å². The van der Waals surface area contributed by atoms with Crippen LogP contribution in [0.2, 0.25) is 0 Å². The molecule has 3 aromatic rings. The lowest BCUT2D eigenvalue weighted by molar-refractivity contribution is 0.673. The van der Waals surface area contributed by atoms with Crippen LogP contribution in [0.15, 0.2) is 24.5 Å². The van der Waals surface area contributed by atoms with Crippen molar-refractivity contribution in [1.82, 2.24) is 30.1 Å². The molecule has 8 nitrogen and oxygen atoms in total. The molecule has 1 N–H and O–H groups in total. The summed E-state index contributed by atoms with van der Waals surface area (Å²) in [6, 6.07) is 3.96. The third-order valence-corrected chi connectivity index (χ3v) is 4.78. The molecule has 0 saturated carbocycles. The summed E-state index contributed by atoms with van der Waals surface area (Å²) in [6.07, 6.45) is 5.65. The van der Waals surface area contributed by atoms with Crippen LogP contribution in [0.3, 0.4) is 0 Å². The highest BCUT2D eigenvalue weighted by Crippen LogP contribution is 2.34. The summed E-state index contributed by atoms with van der Waals surface area (Å²) in [4.78, 5) is 20.1. The van der Waals surface area contributed by atoms with E-state index in [9.17, 15) is 0 Å². The minimum atomic E-state index is 0.154. The molecule has 0 aromatic carbocycles. The molecule has 1 fully saturated rings. The zero-order valence-corrected chi connectivity index (χ0v) is 14.9. The van der Waals surface area contributed by atoms with E-state index in [-0.39, 0.29) is 6.04 Å². The maximum atomic E-state index is 4.66. The average molecular weight is 354 g/mol. The Morgan fingerprint density at radius 3 is 2.76 bits per heavy atom. The van der Waals surface area contributed by atoms with E-state index in [1.807, 2.05) is 26.0 Å². The molecule has 1 atom stereocenters. The number of nitrogens with one attached hydrogen (secondary N) is 1. The van der Waals surface area contributed by atoms with Crippen molar-refractivity contribution in [3.8, 4) is 0 Å². The van der Waals surface area contributed by atoms with Crippen LogP contribution >= 0.6 is 11.3 Å². The molecule has 4 rings (SSSR count). The van der Waals surface area contributed by atoms with Crippen LogP contribution in [0.25, 0.3) is 0 Å². The third-order valence-electron chi connectivity index (χ3n) is 4.02. The van der Waals surface area contributed by atoms with Gasteiger partial charge < -0.3 is 10.2 Å². The summed E-state index contributed by atoms with van der Waals surface area (Å²) in [5, 5.41) is 13.0. The molecule has 0 unspecified atom stereocenters. The second kappa shape index (κ2) is 6.67. The van der Waals surface area contributed by atoms with Gasteiger partial charge in [0.25, 0.3) is 0 Å². The Hall–Kier alpha value is -2.68. The number of aryl methyl sites for hydroxylation is 2. The van der Waals surface area contributed by atoms with Crippen molar-refractivity contribution in [3.63, 3.8) is 0 Å². The summed E-state index contributed by atoms with van der Waals surface area (Å²) in [6.45, 7) is 4.75. The van der Waals surface area contributed by atoms with Gasteiger partial charge in [-0.2, -0.15) is 0 Å². The van der Waals surface area contributed by atoms with Gasteiger partial charge in [0, 0.05) is 25.0 Å². The quantitative estimate of drug-likeness (QED) is 0.764. The molecular weight excluding hydrogens is 336 g/mol. The fourth-order valence-electron chi connectivity index (χ4n) is 3.04. The molecule has 25 heavy (non-hydrogen) atoms. The van der Waals surface area contributed by atoms with Gasteiger partial charge in [-0.05, 0) is 32.8 Å². The van der Waals surface area contributed by atoms with Gasteiger partial charge in [-0.1, -0.05) is 11.3 Å². The Bertz CT molecular complexity index is 866. The largest absolute Gasteiger partial charge is 0.332 e. The minimum Gasteiger partial charge on any atom is -0.332 e. The lowest BCUT2D eigenvalue weighted by atomic mass is 10.1. The molecule has 0 amide bonds. The zero-order chi connectivity index (χ0) is 17.2. The monoisotopic (exact) mass is 354 g/mol. The molecular formula is C16H18N8S. The zero-order valence-electron chi connectivity index (χ0n) is 14.0. The first-order chi connectivity index (χ1) is 12.2. The minimum absolute atomic E-state index is 0.154. The van der Waals surface area contributed by atoms with E-state index >= 15 is 0 Å². The van der Waals surface area contributed by atoms with E-state index in [1.54, 1.807) is 12.4 Å². The molecule has 3 aromatic heterocycles. The van der Waals surface area contributed by atoms with Crippen molar-refractivity contribution in [2.45, 2.75) is 32.7 Å². The lowest BCUT2D eigenvalue weighted by Gasteiger charge is -2.24. The van der Waals surface area contributed by atoms with Crippen LogP contribution in [-0.2, 0) is 0 Å². The Labute approximate surface area is 149 Å². The lowest BCUT2D eigenvalue weighted by Crippen LogP contribution is -2.25. The van der Waals surface area contributed by atoms with Gasteiger partial charge in [0.15, 0.2) is 0 Å². The molecule has 9 heteroatoms. The number of rotatable bonds is 4. The van der Waals surface area contributed by atoms with Crippen molar-refractivity contribution in [1.29, 1.82) is 0 Å². The normalized spacial score (nSPS) is 17.0. The Morgan fingerprint density at radius 1 is 1.16 bits per heavy atom. The predicted molar refractivity (Wildman–Crippen MR) is 96.1 cm³/mol. The van der Waals surface area contributed by atoms with Crippen molar-refractivity contribution >= 4 is 28.2 Å². The number of anilines is 3. The number of nitrogens with zero attached hydrogens (tertiary/aromatic N) is 7. The second-order valence-corrected chi connectivity index (χ2v) is 7.06. The molecule has 0 spiro atoms. The molecule has 0 aliphatic carbocycles. The SMILES string of the molecule is Cc1nc(Nc2nnc(C)s2)cc([C@@H]2CCCN2c2ncccn2)n1. The second-order valence-electron chi connectivity index (χ2n) is 5.88. The predicted octanol–water partition coefficient (Wildman–Crippen LogP) is 2.82. The van der Waals surface area contributed by atoms with Crippen LogP contribution in [0.5, 0.6) is 0 Å². The van der Waals surface area contributed by atoms with Gasteiger partial charge in [0.1, 0.15) is 16.6 Å². The molecule has 0 bridgehead atoms. The average Bonchev–Trinajstić information content (AvgIpc) is 3.24. The Balaban J connectivity index is 1.63. The molecule has 1 saturated heterocycles. The van der Waals surface area contributed by atoms with E-state index in [2.05, 4.69) is 40.3 Å². The molecule has 4 heterocycles. The molecule has 1 aliphatic rings. The summed E-state index contributed by atoms with van der Waals surface area (Å²) in [5.74, 6) is 2.21. The first-order valence-electron chi connectivity index (χ1n) is 8.15. The highest BCUT2D eigenvalue weighted by Gasteiger charge is 2.29. The fraction of sp³-hybridized carbons (Fsp3) is 0.375. The van der Waals surface area contributed by atoms with Gasteiger partial charge in [0.2, 0.25) is 11.1 Å². The number of hydrogen-bond donors (Lipinski definition) is 1. The van der Waals surface area contributed by atoms with Crippen LogP contribution in [-0.4, -0.2) is 36.7 Å². The smallest absolute Gasteiger partial charge is 0.225 e. The molecule has 1 aliphatic heterocycles. The van der Waals surface area contributed by atoms with Crippen molar-refractivity contribution in [2.75, 3.05) is 16.8 Å². The maximum absolute atomic E-state index is 4.66. The van der Waals surface area contributed by atoms with Crippen LogP contribution in [0.4, 0.5) is 16.9 Å². The Kier molecular flexibility index (Phi) is 4.22. The van der Waals surface area contributed by atoms with Crippen molar-refractivity contribution in [3.05, 3.63) is 41.1 Å². The van der Waals surface area contributed by atoms with Gasteiger partial charge in [-0.25, -0.2) is 19.9 Å². The third kappa shape index (κ3) is 3.41. The van der Waals surface area contributed by atoms with Crippen LogP contribution in [0, 0.1) is 13.8 Å². The van der Waals surface area contributed by atoms with E-state index in [0.29, 0.717) is 0 Å². The number of aromatic nitrogens is 6. The highest BCUT2D eigenvalue weighted by molar-refractivity contribution is 7.15.